The molecule has 0 spiro atoms. The number of nitrogens with one attached hydrogen (secondary N) is 2. The van der Waals surface area contributed by atoms with E-state index in [0.717, 1.165) is 4.68 Å². The van der Waals surface area contributed by atoms with Crippen molar-refractivity contribution in [2.24, 2.45) is 0 Å². The molecule has 4 rings (SSSR count). The molecule has 4 aromatic rings. The molecule has 0 saturated carbocycles. The van der Waals surface area contributed by atoms with E-state index in [4.69, 9.17) is 0 Å². The molecule has 10 heteroatoms. The second kappa shape index (κ2) is 7.74. The zero-order valence-corrected chi connectivity index (χ0v) is 15.8. The first-order valence-corrected chi connectivity index (χ1v) is 8.94. The minimum atomic E-state index is -0.573. The highest BCUT2D eigenvalue weighted by Crippen LogP contribution is 2.16. The molecule has 0 aliphatic carbocycles. The molecular formula is C20H16F2N6O2. The Bertz CT molecular complexity index is 1280. The van der Waals surface area contributed by atoms with Gasteiger partial charge in [-0.2, -0.15) is 0 Å². The van der Waals surface area contributed by atoms with Crippen LogP contribution in [-0.4, -0.2) is 25.1 Å². The van der Waals surface area contributed by atoms with E-state index >= 15 is 0 Å². The number of hydrogen-bond donors (Lipinski definition) is 2. The fraction of sp³-hybridized carbons (Fsp3) is 0.100. The van der Waals surface area contributed by atoms with Gasteiger partial charge in [-0.25, -0.2) is 27.6 Å². The third-order valence-corrected chi connectivity index (χ3v) is 4.22. The van der Waals surface area contributed by atoms with Crippen molar-refractivity contribution < 1.29 is 13.6 Å². The Labute approximate surface area is 168 Å². The number of benzene rings is 2. The molecule has 0 aliphatic rings. The van der Waals surface area contributed by atoms with E-state index in [2.05, 4.69) is 20.7 Å². The van der Waals surface area contributed by atoms with Gasteiger partial charge in [0.05, 0.1) is 0 Å². The Hall–Kier alpha value is -4.08. The largest absolute Gasteiger partial charge is 0.353 e. The van der Waals surface area contributed by atoms with Crippen LogP contribution in [0.2, 0.25) is 0 Å². The average Bonchev–Trinajstić information content (AvgIpc) is 3.00. The molecular weight excluding hydrogens is 394 g/mol. The van der Waals surface area contributed by atoms with Crippen LogP contribution in [0.25, 0.3) is 5.65 Å². The summed E-state index contributed by atoms with van der Waals surface area (Å²) in [4.78, 5) is 29.4. The number of halogens is 2. The third kappa shape index (κ3) is 4.02. The molecule has 0 atom stereocenters. The summed E-state index contributed by atoms with van der Waals surface area (Å²) in [5, 5.41) is 9.73. The van der Waals surface area contributed by atoms with Crippen molar-refractivity contribution in [2.75, 3.05) is 10.6 Å². The smallest absolute Gasteiger partial charge is 0.325 e. The van der Waals surface area contributed by atoms with Gasteiger partial charge in [0.2, 0.25) is 11.9 Å². The monoisotopic (exact) mass is 410 g/mol. The number of amides is 1. The number of carbonyl (C=O) groups excluding carboxylic acids is 1. The summed E-state index contributed by atoms with van der Waals surface area (Å²) in [6.07, 6.45) is 0. The Morgan fingerprint density at radius 2 is 1.60 bits per heavy atom. The zero-order chi connectivity index (χ0) is 21.3. The molecule has 0 fully saturated rings. The maximum Gasteiger partial charge on any atom is 0.353 e. The maximum atomic E-state index is 13.1. The SMILES string of the molecule is Cc1cc2nn(CC(=O)Nc3ccc(F)cc3)c(=O)n2c(Nc2ccc(F)cc2)n1. The van der Waals surface area contributed by atoms with Gasteiger partial charge < -0.3 is 10.6 Å². The Balaban J connectivity index is 1.62. The predicted octanol–water partition coefficient (Wildman–Crippen LogP) is 2.86. The van der Waals surface area contributed by atoms with Crippen molar-refractivity contribution >= 4 is 28.9 Å². The summed E-state index contributed by atoms with van der Waals surface area (Å²) in [6.45, 7) is 1.40. The molecule has 2 heterocycles. The van der Waals surface area contributed by atoms with Gasteiger partial charge in [0, 0.05) is 23.1 Å². The quantitative estimate of drug-likeness (QED) is 0.528. The minimum absolute atomic E-state index is 0.187. The first-order chi connectivity index (χ1) is 14.4. The number of hydrogen-bond acceptors (Lipinski definition) is 5. The number of anilines is 3. The Morgan fingerprint density at radius 3 is 2.23 bits per heavy atom. The van der Waals surface area contributed by atoms with Gasteiger partial charge in [0.25, 0.3) is 0 Å². The molecule has 30 heavy (non-hydrogen) atoms. The molecule has 2 aromatic heterocycles. The van der Waals surface area contributed by atoms with Crippen molar-refractivity contribution in [3.63, 3.8) is 0 Å². The van der Waals surface area contributed by atoms with Crippen LogP contribution < -0.4 is 16.3 Å². The van der Waals surface area contributed by atoms with Gasteiger partial charge >= 0.3 is 5.69 Å². The fourth-order valence-corrected chi connectivity index (χ4v) is 2.87. The fourth-order valence-electron chi connectivity index (χ4n) is 2.87. The molecule has 0 aliphatic heterocycles. The lowest BCUT2D eigenvalue weighted by Gasteiger charge is -2.07. The molecule has 8 nitrogen and oxygen atoms in total. The van der Waals surface area contributed by atoms with Crippen LogP contribution in [-0.2, 0) is 11.3 Å². The molecule has 0 saturated heterocycles. The molecule has 152 valence electrons. The minimum Gasteiger partial charge on any atom is -0.325 e. The summed E-state index contributed by atoms with van der Waals surface area (Å²) >= 11 is 0. The number of rotatable bonds is 5. The molecule has 0 unspecified atom stereocenters. The van der Waals surface area contributed by atoms with Crippen LogP contribution in [0.15, 0.2) is 59.4 Å². The highest BCUT2D eigenvalue weighted by atomic mass is 19.1. The summed E-state index contributed by atoms with van der Waals surface area (Å²) in [5.41, 5.74) is 1.25. The van der Waals surface area contributed by atoms with Crippen molar-refractivity contribution in [1.29, 1.82) is 0 Å². The highest BCUT2D eigenvalue weighted by Gasteiger charge is 2.15. The van der Waals surface area contributed by atoms with E-state index in [1.165, 1.54) is 52.9 Å². The molecule has 0 radical (unpaired) electrons. The van der Waals surface area contributed by atoms with Gasteiger partial charge in [-0.3, -0.25) is 4.79 Å². The van der Waals surface area contributed by atoms with Gasteiger partial charge in [0.1, 0.15) is 18.2 Å². The number of carbonyl (C=O) groups is 1. The Kier molecular flexibility index (Phi) is 4.97. The van der Waals surface area contributed by atoms with Crippen LogP contribution in [0.5, 0.6) is 0 Å². The second-order valence-electron chi connectivity index (χ2n) is 6.54. The lowest BCUT2D eigenvalue weighted by molar-refractivity contribution is -0.117. The van der Waals surface area contributed by atoms with E-state index in [1.807, 2.05) is 0 Å². The summed E-state index contributed by atoms with van der Waals surface area (Å²) in [5.74, 6) is -1.12. The van der Waals surface area contributed by atoms with Gasteiger partial charge in [-0.05, 0) is 55.5 Å². The summed E-state index contributed by atoms with van der Waals surface area (Å²) < 4.78 is 28.4. The number of aromatic nitrogens is 4. The number of aryl methyl sites for hydroxylation is 1. The topological polar surface area (TPSA) is 93.3 Å². The van der Waals surface area contributed by atoms with Crippen LogP contribution in [0.3, 0.4) is 0 Å². The third-order valence-electron chi connectivity index (χ3n) is 4.22. The van der Waals surface area contributed by atoms with Crippen LogP contribution >= 0.6 is 0 Å². The van der Waals surface area contributed by atoms with Gasteiger partial charge in [-0.15, -0.1) is 5.10 Å². The number of fused-ring (bicyclic) bond motifs is 1. The first-order valence-electron chi connectivity index (χ1n) is 8.94. The van der Waals surface area contributed by atoms with Crippen molar-refractivity contribution in [3.05, 3.63) is 82.4 Å². The lowest BCUT2D eigenvalue weighted by Crippen LogP contribution is -2.29. The molecule has 2 N–H and O–H groups in total. The highest BCUT2D eigenvalue weighted by molar-refractivity contribution is 5.90. The van der Waals surface area contributed by atoms with E-state index in [0.29, 0.717) is 22.7 Å². The van der Waals surface area contributed by atoms with E-state index in [1.54, 1.807) is 13.0 Å². The molecule has 2 aromatic carbocycles. The normalized spacial score (nSPS) is 10.9. The van der Waals surface area contributed by atoms with Crippen molar-refractivity contribution in [2.45, 2.75) is 13.5 Å². The van der Waals surface area contributed by atoms with Crippen LogP contribution in [0.4, 0.5) is 26.1 Å². The second-order valence-corrected chi connectivity index (χ2v) is 6.54. The predicted molar refractivity (Wildman–Crippen MR) is 107 cm³/mol. The molecule has 0 bridgehead atoms. The van der Waals surface area contributed by atoms with Gasteiger partial charge in [0.15, 0.2) is 5.65 Å². The molecule has 1 amide bonds. The summed E-state index contributed by atoms with van der Waals surface area (Å²) in [6, 6.07) is 12.4. The van der Waals surface area contributed by atoms with E-state index in [9.17, 15) is 18.4 Å². The van der Waals surface area contributed by atoms with Crippen LogP contribution in [0, 0.1) is 18.6 Å². The van der Waals surface area contributed by atoms with Crippen molar-refractivity contribution in [3.8, 4) is 0 Å². The zero-order valence-electron chi connectivity index (χ0n) is 15.8. The van der Waals surface area contributed by atoms with E-state index < -0.39 is 17.4 Å². The van der Waals surface area contributed by atoms with E-state index in [-0.39, 0.29) is 18.3 Å². The average molecular weight is 410 g/mol. The lowest BCUT2D eigenvalue weighted by atomic mass is 10.3. The van der Waals surface area contributed by atoms with Crippen LogP contribution in [0.1, 0.15) is 5.69 Å². The summed E-state index contributed by atoms with van der Waals surface area (Å²) in [7, 11) is 0. The maximum absolute atomic E-state index is 13.1. The number of nitrogens with zero attached hydrogens (tertiary/aromatic N) is 4. The standard InChI is InChI=1S/C20H16F2N6O2/c1-12-10-17-26-27(11-18(29)24-15-6-2-13(21)3-7-15)20(30)28(17)19(23-12)25-16-8-4-14(22)5-9-16/h2-10H,11H2,1H3,(H,23,25)(H,24,29). The Morgan fingerprint density at radius 1 is 1.00 bits per heavy atom. The van der Waals surface area contributed by atoms with Crippen molar-refractivity contribution in [1.82, 2.24) is 19.2 Å². The first kappa shape index (κ1) is 19.2. The van der Waals surface area contributed by atoms with Gasteiger partial charge in [-0.1, -0.05) is 0 Å².